The standard InChI is InChI=1S/C12H15N3O2/c1-3-15-12(16)8(2)17-11-5-4-10(14)6-9(11)7-13/h4-6,8H,3,14H2,1-2H3,(H,15,16). The van der Waals surface area contributed by atoms with Crippen LogP contribution < -0.4 is 15.8 Å². The monoisotopic (exact) mass is 233 g/mol. The molecule has 0 saturated carbocycles. The zero-order valence-electron chi connectivity index (χ0n) is 9.86. The van der Waals surface area contributed by atoms with E-state index in [1.165, 1.54) is 6.07 Å². The van der Waals surface area contributed by atoms with Crippen molar-refractivity contribution in [2.45, 2.75) is 20.0 Å². The van der Waals surface area contributed by atoms with Crippen molar-refractivity contribution in [3.05, 3.63) is 23.8 Å². The molecule has 1 unspecified atom stereocenters. The molecule has 3 N–H and O–H groups in total. The van der Waals surface area contributed by atoms with E-state index < -0.39 is 6.10 Å². The molecule has 0 saturated heterocycles. The summed E-state index contributed by atoms with van der Waals surface area (Å²) >= 11 is 0. The van der Waals surface area contributed by atoms with E-state index >= 15 is 0 Å². The number of rotatable bonds is 4. The molecule has 0 aliphatic rings. The predicted molar refractivity (Wildman–Crippen MR) is 64.3 cm³/mol. The molecule has 0 radical (unpaired) electrons. The Hall–Kier alpha value is -2.22. The van der Waals surface area contributed by atoms with Crippen LogP contribution in [-0.2, 0) is 4.79 Å². The zero-order chi connectivity index (χ0) is 12.8. The number of nitrogens with one attached hydrogen (secondary N) is 1. The van der Waals surface area contributed by atoms with Crippen LogP contribution in [0.15, 0.2) is 18.2 Å². The maximum absolute atomic E-state index is 11.5. The van der Waals surface area contributed by atoms with E-state index in [1.807, 2.05) is 13.0 Å². The highest BCUT2D eigenvalue weighted by Crippen LogP contribution is 2.21. The van der Waals surface area contributed by atoms with Crippen molar-refractivity contribution in [1.82, 2.24) is 5.32 Å². The van der Waals surface area contributed by atoms with Crippen LogP contribution in [0.25, 0.3) is 0 Å². The maximum Gasteiger partial charge on any atom is 0.260 e. The largest absolute Gasteiger partial charge is 0.480 e. The van der Waals surface area contributed by atoms with Gasteiger partial charge in [0.1, 0.15) is 11.8 Å². The minimum atomic E-state index is -0.648. The summed E-state index contributed by atoms with van der Waals surface area (Å²) in [5.74, 6) is 0.147. The highest BCUT2D eigenvalue weighted by molar-refractivity contribution is 5.80. The fourth-order valence-electron chi connectivity index (χ4n) is 1.30. The van der Waals surface area contributed by atoms with E-state index in [1.54, 1.807) is 19.1 Å². The lowest BCUT2D eigenvalue weighted by atomic mass is 10.2. The van der Waals surface area contributed by atoms with Gasteiger partial charge in [0.15, 0.2) is 6.10 Å². The lowest BCUT2D eigenvalue weighted by Crippen LogP contribution is -2.36. The van der Waals surface area contributed by atoms with Gasteiger partial charge in [-0.2, -0.15) is 5.26 Å². The Morgan fingerprint density at radius 2 is 2.35 bits per heavy atom. The first-order valence-electron chi connectivity index (χ1n) is 5.32. The van der Waals surface area contributed by atoms with Crippen LogP contribution >= 0.6 is 0 Å². The van der Waals surface area contributed by atoms with Crippen molar-refractivity contribution in [1.29, 1.82) is 5.26 Å². The van der Waals surface area contributed by atoms with Crippen molar-refractivity contribution in [2.75, 3.05) is 12.3 Å². The van der Waals surface area contributed by atoms with Gasteiger partial charge in [0.25, 0.3) is 5.91 Å². The molecule has 0 heterocycles. The SMILES string of the molecule is CCNC(=O)C(C)Oc1ccc(N)cc1C#N. The summed E-state index contributed by atoms with van der Waals surface area (Å²) in [7, 11) is 0. The Kier molecular flexibility index (Phi) is 4.35. The van der Waals surface area contributed by atoms with Crippen molar-refractivity contribution < 1.29 is 9.53 Å². The Morgan fingerprint density at radius 1 is 1.65 bits per heavy atom. The van der Waals surface area contributed by atoms with Gasteiger partial charge in [-0.05, 0) is 32.0 Å². The number of nitrogens with zero attached hydrogens (tertiary/aromatic N) is 1. The van der Waals surface area contributed by atoms with Gasteiger partial charge >= 0.3 is 0 Å². The Bertz CT molecular complexity index is 452. The average Bonchev–Trinajstić information content (AvgIpc) is 2.31. The minimum Gasteiger partial charge on any atom is -0.480 e. The summed E-state index contributed by atoms with van der Waals surface area (Å²) in [5.41, 5.74) is 6.36. The molecular formula is C12H15N3O2. The van der Waals surface area contributed by atoms with Gasteiger partial charge in [-0.25, -0.2) is 0 Å². The Morgan fingerprint density at radius 3 is 2.94 bits per heavy atom. The lowest BCUT2D eigenvalue weighted by molar-refractivity contribution is -0.127. The van der Waals surface area contributed by atoms with E-state index in [2.05, 4.69) is 5.32 Å². The van der Waals surface area contributed by atoms with Crippen LogP contribution in [0.3, 0.4) is 0 Å². The number of nitrogens with two attached hydrogens (primary N) is 1. The van der Waals surface area contributed by atoms with Gasteiger partial charge in [0, 0.05) is 12.2 Å². The van der Waals surface area contributed by atoms with Crippen LogP contribution in [0.2, 0.25) is 0 Å². The van der Waals surface area contributed by atoms with Gasteiger partial charge in [0.05, 0.1) is 5.56 Å². The first kappa shape index (κ1) is 12.8. The predicted octanol–water partition coefficient (Wildman–Crippen LogP) is 1.04. The highest BCUT2D eigenvalue weighted by Gasteiger charge is 2.15. The molecule has 0 bridgehead atoms. The third-order valence-corrected chi connectivity index (χ3v) is 2.15. The molecule has 1 aromatic carbocycles. The van der Waals surface area contributed by atoms with Gasteiger partial charge < -0.3 is 15.8 Å². The van der Waals surface area contributed by atoms with Crippen LogP contribution in [0.1, 0.15) is 19.4 Å². The molecule has 1 aromatic rings. The number of hydrogen-bond donors (Lipinski definition) is 2. The van der Waals surface area contributed by atoms with Gasteiger partial charge in [-0.1, -0.05) is 0 Å². The van der Waals surface area contributed by atoms with E-state index in [-0.39, 0.29) is 5.91 Å². The number of nitrogen functional groups attached to an aromatic ring is 1. The third kappa shape index (κ3) is 3.38. The molecule has 17 heavy (non-hydrogen) atoms. The van der Waals surface area contributed by atoms with Crippen molar-refractivity contribution in [3.8, 4) is 11.8 Å². The fourth-order valence-corrected chi connectivity index (χ4v) is 1.30. The summed E-state index contributed by atoms with van der Waals surface area (Å²) in [4.78, 5) is 11.5. The molecule has 0 aliphatic carbocycles. The highest BCUT2D eigenvalue weighted by atomic mass is 16.5. The average molecular weight is 233 g/mol. The van der Waals surface area contributed by atoms with Crippen LogP contribution in [-0.4, -0.2) is 18.6 Å². The summed E-state index contributed by atoms with van der Waals surface area (Å²) in [6, 6.07) is 6.70. The molecule has 90 valence electrons. The summed E-state index contributed by atoms with van der Waals surface area (Å²) in [6.45, 7) is 4.00. The molecule has 0 aliphatic heterocycles. The molecular weight excluding hydrogens is 218 g/mol. The molecule has 1 amide bonds. The number of amides is 1. The zero-order valence-corrected chi connectivity index (χ0v) is 9.86. The van der Waals surface area contributed by atoms with Gasteiger partial charge in [0.2, 0.25) is 0 Å². The summed E-state index contributed by atoms with van der Waals surface area (Å²) in [6.07, 6.45) is -0.648. The number of likely N-dealkylation sites (N-methyl/N-ethyl adjacent to an activating group) is 1. The molecule has 1 atom stereocenters. The van der Waals surface area contributed by atoms with Gasteiger partial charge in [-0.3, -0.25) is 4.79 Å². The Balaban J connectivity index is 2.82. The van der Waals surface area contributed by atoms with E-state index in [0.29, 0.717) is 23.5 Å². The topological polar surface area (TPSA) is 88.1 Å². The molecule has 0 aromatic heterocycles. The second kappa shape index (κ2) is 5.75. The summed E-state index contributed by atoms with van der Waals surface area (Å²) < 4.78 is 5.42. The van der Waals surface area contributed by atoms with Crippen molar-refractivity contribution in [3.63, 3.8) is 0 Å². The molecule has 0 spiro atoms. The van der Waals surface area contributed by atoms with E-state index in [4.69, 9.17) is 15.7 Å². The third-order valence-electron chi connectivity index (χ3n) is 2.15. The smallest absolute Gasteiger partial charge is 0.260 e. The summed E-state index contributed by atoms with van der Waals surface area (Å²) in [5, 5.41) is 11.6. The minimum absolute atomic E-state index is 0.215. The maximum atomic E-state index is 11.5. The van der Waals surface area contributed by atoms with Crippen LogP contribution in [0.4, 0.5) is 5.69 Å². The Labute approximate surface area is 100 Å². The molecule has 5 heteroatoms. The number of anilines is 1. The normalized spacial score (nSPS) is 11.4. The lowest BCUT2D eigenvalue weighted by Gasteiger charge is -2.15. The number of ether oxygens (including phenoxy) is 1. The number of carbonyl (C=O) groups is 1. The second-order valence-corrected chi connectivity index (χ2v) is 3.52. The second-order valence-electron chi connectivity index (χ2n) is 3.52. The number of carbonyl (C=O) groups excluding carboxylic acids is 1. The van der Waals surface area contributed by atoms with E-state index in [9.17, 15) is 4.79 Å². The first-order valence-corrected chi connectivity index (χ1v) is 5.32. The van der Waals surface area contributed by atoms with Crippen LogP contribution in [0, 0.1) is 11.3 Å². The number of benzene rings is 1. The van der Waals surface area contributed by atoms with Gasteiger partial charge in [-0.15, -0.1) is 0 Å². The van der Waals surface area contributed by atoms with Crippen LogP contribution in [0.5, 0.6) is 5.75 Å². The molecule has 0 fully saturated rings. The first-order chi connectivity index (χ1) is 8.08. The quantitative estimate of drug-likeness (QED) is 0.760. The molecule has 1 rings (SSSR count). The fraction of sp³-hybridized carbons (Fsp3) is 0.333. The number of nitriles is 1. The van der Waals surface area contributed by atoms with Crippen molar-refractivity contribution in [2.24, 2.45) is 0 Å². The van der Waals surface area contributed by atoms with Crippen molar-refractivity contribution >= 4 is 11.6 Å². The van der Waals surface area contributed by atoms with E-state index in [0.717, 1.165) is 0 Å². The number of hydrogen-bond acceptors (Lipinski definition) is 4. The molecule has 5 nitrogen and oxygen atoms in total.